The lowest BCUT2D eigenvalue weighted by molar-refractivity contribution is 0.0521. The SMILES string of the molecule is CCC1CCCC(C(O)CC2CCOc3ccccc32)C1. The van der Waals surface area contributed by atoms with E-state index in [1.807, 2.05) is 6.07 Å². The smallest absolute Gasteiger partial charge is 0.122 e. The maximum Gasteiger partial charge on any atom is 0.122 e. The molecule has 2 aliphatic rings. The number of hydrogen-bond acceptors (Lipinski definition) is 2. The standard InChI is InChI=1S/C19H28O2/c1-2-14-6-5-7-16(12-14)18(20)13-15-10-11-21-19-9-4-3-8-17(15)19/h3-4,8-9,14-16,18,20H,2,5-7,10-13H2,1H3. The molecule has 0 radical (unpaired) electrons. The molecule has 1 aromatic rings. The molecule has 0 amide bonds. The zero-order valence-electron chi connectivity index (χ0n) is 13.1. The lowest BCUT2D eigenvalue weighted by Crippen LogP contribution is -2.29. The van der Waals surface area contributed by atoms with E-state index in [9.17, 15) is 5.11 Å². The number of rotatable bonds is 4. The molecule has 0 saturated heterocycles. The molecule has 21 heavy (non-hydrogen) atoms. The molecular weight excluding hydrogens is 260 g/mol. The van der Waals surface area contributed by atoms with E-state index >= 15 is 0 Å². The number of ether oxygens (including phenoxy) is 1. The van der Waals surface area contributed by atoms with E-state index in [2.05, 4.69) is 25.1 Å². The van der Waals surface area contributed by atoms with E-state index < -0.39 is 0 Å². The Hall–Kier alpha value is -1.02. The van der Waals surface area contributed by atoms with E-state index in [-0.39, 0.29) is 6.10 Å². The first-order valence-electron chi connectivity index (χ1n) is 8.67. The molecule has 1 aliphatic carbocycles. The summed E-state index contributed by atoms with van der Waals surface area (Å²) in [6.07, 6.45) is 8.16. The third kappa shape index (κ3) is 3.42. The van der Waals surface area contributed by atoms with Crippen molar-refractivity contribution in [2.75, 3.05) is 6.61 Å². The Morgan fingerprint density at radius 2 is 2.10 bits per heavy atom. The van der Waals surface area contributed by atoms with Crippen LogP contribution in [-0.4, -0.2) is 17.8 Å². The number of aliphatic hydroxyl groups is 1. The Kier molecular flexibility index (Phi) is 4.84. The van der Waals surface area contributed by atoms with Crippen molar-refractivity contribution in [3.05, 3.63) is 29.8 Å². The average Bonchev–Trinajstić information content (AvgIpc) is 2.55. The fraction of sp³-hybridized carbons (Fsp3) is 0.684. The van der Waals surface area contributed by atoms with Gasteiger partial charge >= 0.3 is 0 Å². The monoisotopic (exact) mass is 288 g/mol. The van der Waals surface area contributed by atoms with E-state index in [0.29, 0.717) is 11.8 Å². The molecule has 2 nitrogen and oxygen atoms in total. The predicted molar refractivity (Wildman–Crippen MR) is 85.7 cm³/mol. The van der Waals surface area contributed by atoms with Gasteiger partial charge in [0.25, 0.3) is 0 Å². The van der Waals surface area contributed by atoms with E-state index in [0.717, 1.165) is 31.1 Å². The van der Waals surface area contributed by atoms with Crippen LogP contribution in [0.2, 0.25) is 0 Å². The van der Waals surface area contributed by atoms with Gasteiger partial charge in [0.15, 0.2) is 0 Å². The number of hydrogen-bond donors (Lipinski definition) is 1. The van der Waals surface area contributed by atoms with Crippen LogP contribution in [-0.2, 0) is 0 Å². The number of aliphatic hydroxyl groups excluding tert-OH is 1. The topological polar surface area (TPSA) is 29.5 Å². The van der Waals surface area contributed by atoms with Crippen LogP contribution >= 0.6 is 0 Å². The second-order valence-electron chi connectivity index (χ2n) is 6.88. The van der Waals surface area contributed by atoms with Crippen LogP contribution in [0.15, 0.2) is 24.3 Å². The van der Waals surface area contributed by atoms with Gasteiger partial charge in [0.1, 0.15) is 5.75 Å². The molecule has 1 aliphatic heterocycles. The third-order valence-electron chi connectivity index (χ3n) is 5.55. The number of benzene rings is 1. The fourth-order valence-electron chi connectivity index (χ4n) is 4.20. The van der Waals surface area contributed by atoms with Gasteiger partial charge in [0, 0.05) is 0 Å². The molecule has 1 N–H and O–H groups in total. The van der Waals surface area contributed by atoms with Crippen LogP contribution < -0.4 is 4.74 Å². The predicted octanol–water partition coefficient (Wildman–Crippen LogP) is 4.52. The highest BCUT2D eigenvalue weighted by atomic mass is 16.5. The average molecular weight is 288 g/mol. The van der Waals surface area contributed by atoms with E-state index in [1.165, 1.54) is 37.7 Å². The Morgan fingerprint density at radius 3 is 2.95 bits per heavy atom. The largest absolute Gasteiger partial charge is 0.493 e. The summed E-state index contributed by atoms with van der Waals surface area (Å²) in [5, 5.41) is 10.7. The number of para-hydroxylation sites is 1. The van der Waals surface area contributed by atoms with Gasteiger partial charge in [-0.2, -0.15) is 0 Å². The molecule has 4 atom stereocenters. The van der Waals surface area contributed by atoms with Crippen molar-refractivity contribution in [1.29, 1.82) is 0 Å². The zero-order chi connectivity index (χ0) is 14.7. The lowest BCUT2D eigenvalue weighted by atomic mass is 9.75. The summed E-state index contributed by atoms with van der Waals surface area (Å²) >= 11 is 0. The van der Waals surface area contributed by atoms with Crippen LogP contribution in [0.25, 0.3) is 0 Å². The zero-order valence-corrected chi connectivity index (χ0v) is 13.1. The van der Waals surface area contributed by atoms with Crippen molar-refractivity contribution in [1.82, 2.24) is 0 Å². The Labute approximate surface area is 128 Å². The maximum atomic E-state index is 10.7. The molecule has 1 saturated carbocycles. The second-order valence-corrected chi connectivity index (χ2v) is 6.88. The van der Waals surface area contributed by atoms with Gasteiger partial charge in [-0.15, -0.1) is 0 Å². The minimum atomic E-state index is -0.143. The van der Waals surface area contributed by atoms with Gasteiger partial charge in [0.2, 0.25) is 0 Å². The van der Waals surface area contributed by atoms with Crippen LogP contribution in [0.3, 0.4) is 0 Å². The van der Waals surface area contributed by atoms with Crippen molar-refractivity contribution >= 4 is 0 Å². The minimum absolute atomic E-state index is 0.143. The lowest BCUT2D eigenvalue weighted by Gasteiger charge is -2.34. The summed E-state index contributed by atoms with van der Waals surface area (Å²) in [6.45, 7) is 3.07. The van der Waals surface area contributed by atoms with Crippen molar-refractivity contribution in [3.63, 3.8) is 0 Å². The van der Waals surface area contributed by atoms with Crippen LogP contribution in [0, 0.1) is 11.8 Å². The summed E-state index contributed by atoms with van der Waals surface area (Å²) < 4.78 is 5.73. The highest BCUT2D eigenvalue weighted by Gasteiger charge is 2.30. The van der Waals surface area contributed by atoms with E-state index in [4.69, 9.17) is 4.74 Å². The third-order valence-corrected chi connectivity index (χ3v) is 5.55. The first-order chi connectivity index (χ1) is 10.3. The molecule has 1 aromatic carbocycles. The molecule has 0 spiro atoms. The summed E-state index contributed by atoms with van der Waals surface area (Å²) in [4.78, 5) is 0. The number of fused-ring (bicyclic) bond motifs is 1. The van der Waals surface area contributed by atoms with Gasteiger partial charge < -0.3 is 9.84 Å². The van der Waals surface area contributed by atoms with Crippen molar-refractivity contribution in [3.8, 4) is 5.75 Å². The van der Waals surface area contributed by atoms with Crippen LogP contribution in [0.1, 0.15) is 63.4 Å². The minimum Gasteiger partial charge on any atom is -0.493 e. The Balaban J connectivity index is 1.64. The van der Waals surface area contributed by atoms with Crippen LogP contribution in [0.5, 0.6) is 5.75 Å². The van der Waals surface area contributed by atoms with Gasteiger partial charge in [-0.25, -0.2) is 0 Å². The van der Waals surface area contributed by atoms with Crippen molar-refractivity contribution < 1.29 is 9.84 Å². The molecule has 3 rings (SSSR count). The van der Waals surface area contributed by atoms with Crippen molar-refractivity contribution in [2.45, 2.75) is 63.9 Å². The molecule has 1 heterocycles. The summed E-state index contributed by atoms with van der Waals surface area (Å²) in [6, 6.07) is 8.34. The molecule has 1 fully saturated rings. The molecule has 0 aromatic heterocycles. The highest BCUT2D eigenvalue weighted by Crippen LogP contribution is 2.40. The normalized spacial score (nSPS) is 30.3. The molecule has 0 bridgehead atoms. The second kappa shape index (κ2) is 6.83. The summed E-state index contributed by atoms with van der Waals surface area (Å²) in [5.74, 6) is 2.84. The maximum absolute atomic E-state index is 10.7. The highest BCUT2D eigenvalue weighted by molar-refractivity contribution is 5.37. The summed E-state index contributed by atoms with van der Waals surface area (Å²) in [5.41, 5.74) is 1.30. The first-order valence-corrected chi connectivity index (χ1v) is 8.67. The summed E-state index contributed by atoms with van der Waals surface area (Å²) in [7, 11) is 0. The molecule has 4 unspecified atom stereocenters. The molecular formula is C19H28O2. The van der Waals surface area contributed by atoms with Crippen LogP contribution in [0.4, 0.5) is 0 Å². The Morgan fingerprint density at radius 1 is 1.24 bits per heavy atom. The fourth-order valence-corrected chi connectivity index (χ4v) is 4.20. The van der Waals surface area contributed by atoms with Crippen molar-refractivity contribution in [2.24, 2.45) is 11.8 Å². The van der Waals surface area contributed by atoms with Gasteiger partial charge in [-0.3, -0.25) is 0 Å². The Bertz CT molecular complexity index is 457. The first kappa shape index (κ1) is 14.9. The quantitative estimate of drug-likeness (QED) is 0.882. The van der Waals surface area contributed by atoms with E-state index in [1.54, 1.807) is 0 Å². The van der Waals surface area contributed by atoms with Gasteiger partial charge in [0.05, 0.1) is 12.7 Å². The molecule has 116 valence electrons. The van der Waals surface area contributed by atoms with Gasteiger partial charge in [-0.05, 0) is 55.1 Å². The van der Waals surface area contributed by atoms with Gasteiger partial charge in [-0.1, -0.05) is 44.4 Å². The molecule has 2 heteroatoms.